The lowest BCUT2D eigenvalue weighted by Gasteiger charge is -2.07. The highest BCUT2D eigenvalue weighted by molar-refractivity contribution is 7.12. The zero-order valence-corrected chi connectivity index (χ0v) is 12.6. The molecule has 2 aromatic heterocycles. The highest BCUT2D eigenvalue weighted by atomic mass is 32.1. The van der Waals surface area contributed by atoms with Crippen molar-refractivity contribution in [3.05, 3.63) is 51.4 Å². The predicted octanol–water partition coefficient (Wildman–Crippen LogP) is 4.17. The molecule has 3 aromatic rings. The SMILES string of the molecule is COc1ccc2c(C)c(C(N)c3ccc(C)s3)oc2c1. The lowest BCUT2D eigenvalue weighted by molar-refractivity contribution is 0.414. The van der Waals surface area contributed by atoms with Crippen LogP contribution in [-0.2, 0) is 0 Å². The Hall–Kier alpha value is -1.78. The van der Waals surface area contributed by atoms with Crippen LogP contribution in [0.4, 0.5) is 0 Å². The smallest absolute Gasteiger partial charge is 0.138 e. The molecule has 0 radical (unpaired) electrons. The van der Waals surface area contributed by atoms with E-state index in [0.29, 0.717) is 0 Å². The van der Waals surface area contributed by atoms with E-state index in [2.05, 4.69) is 19.1 Å². The van der Waals surface area contributed by atoms with Crippen LogP contribution >= 0.6 is 11.3 Å². The fraction of sp³-hybridized carbons (Fsp3) is 0.250. The molecule has 0 bridgehead atoms. The fourth-order valence-electron chi connectivity index (χ4n) is 2.40. The number of hydrogen-bond acceptors (Lipinski definition) is 4. The maximum atomic E-state index is 6.35. The average molecular weight is 287 g/mol. The van der Waals surface area contributed by atoms with E-state index < -0.39 is 0 Å². The van der Waals surface area contributed by atoms with Gasteiger partial charge in [0, 0.05) is 26.8 Å². The van der Waals surface area contributed by atoms with Crippen molar-refractivity contribution in [3.8, 4) is 5.75 Å². The first kappa shape index (κ1) is 13.2. The third-order valence-electron chi connectivity index (χ3n) is 3.53. The summed E-state index contributed by atoms with van der Waals surface area (Å²) in [4.78, 5) is 2.38. The molecule has 0 amide bonds. The van der Waals surface area contributed by atoms with Crippen molar-refractivity contribution < 1.29 is 9.15 Å². The number of furan rings is 1. The summed E-state index contributed by atoms with van der Waals surface area (Å²) >= 11 is 1.71. The largest absolute Gasteiger partial charge is 0.497 e. The number of benzene rings is 1. The number of rotatable bonds is 3. The fourth-order valence-corrected chi connectivity index (χ4v) is 3.28. The maximum absolute atomic E-state index is 6.35. The van der Waals surface area contributed by atoms with Crippen LogP contribution in [0.2, 0.25) is 0 Å². The van der Waals surface area contributed by atoms with Gasteiger partial charge in [0.05, 0.1) is 13.2 Å². The normalized spacial score (nSPS) is 12.8. The standard InChI is InChI=1S/C16H17NO2S/c1-9-4-7-14(20-9)15(17)16-10(2)12-6-5-11(18-3)8-13(12)19-16/h4-8,15H,17H2,1-3H3. The molecule has 2 N–H and O–H groups in total. The first-order valence-corrected chi connectivity index (χ1v) is 7.30. The van der Waals surface area contributed by atoms with Crippen molar-refractivity contribution in [1.29, 1.82) is 0 Å². The lowest BCUT2D eigenvalue weighted by Crippen LogP contribution is -2.10. The summed E-state index contributed by atoms with van der Waals surface area (Å²) in [7, 11) is 1.65. The molecule has 1 unspecified atom stereocenters. The quantitative estimate of drug-likeness (QED) is 0.786. The van der Waals surface area contributed by atoms with Gasteiger partial charge in [0.15, 0.2) is 0 Å². The Morgan fingerprint density at radius 1 is 1.20 bits per heavy atom. The summed E-state index contributed by atoms with van der Waals surface area (Å²) in [5.41, 5.74) is 8.27. The Morgan fingerprint density at radius 3 is 2.65 bits per heavy atom. The topological polar surface area (TPSA) is 48.4 Å². The molecule has 4 heteroatoms. The van der Waals surface area contributed by atoms with Gasteiger partial charge < -0.3 is 14.9 Å². The van der Waals surface area contributed by atoms with Gasteiger partial charge in [0.1, 0.15) is 17.1 Å². The van der Waals surface area contributed by atoms with Crippen molar-refractivity contribution >= 4 is 22.3 Å². The number of hydrogen-bond donors (Lipinski definition) is 1. The number of aryl methyl sites for hydroxylation is 2. The van der Waals surface area contributed by atoms with Crippen LogP contribution in [0.1, 0.15) is 27.1 Å². The molecule has 3 nitrogen and oxygen atoms in total. The van der Waals surface area contributed by atoms with E-state index in [9.17, 15) is 0 Å². The molecule has 2 heterocycles. The van der Waals surface area contributed by atoms with Gasteiger partial charge >= 0.3 is 0 Å². The van der Waals surface area contributed by atoms with Crippen molar-refractivity contribution in [3.63, 3.8) is 0 Å². The van der Waals surface area contributed by atoms with Crippen molar-refractivity contribution in [1.82, 2.24) is 0 Å². The van der Waals surface area contributed by atoms with E-state index >= 15 is 0 Å². The van der Waals surface area contributed by atoms with Gasteiger partial charge in [-0.3, -0.25) is 0 Å². The first-order chi connectivity index (χ1) is 9.60. The Labute approximate surface area is 122 Å². The molecule has 1 aromatic carbocycles. The van der Waals surface area contributed by atoms with Crippen molar-refractivity contribution in [2.75, 3.05) is 7.11 Å². The average Bonchev–Trinajstić information content (AvgIpc) is 3.02. The molecule has 0 fully saturated rings. The first-order valence-electron chi connectivity index (χ1n) is 6.49. The molecule has 0 aliphatic rings. The van der Waals surface area contributed by atoms with Crippen LogP contribution in [0.3, 0.4) is 0 Å². The molecule has 0 saturated heterocycles. The summed E-state index contributed by atoms with van der Waals surface area (Å²) in [6.07, 6.45) is 0. The summed E-state index contributed by atoms with van der Waals surface area (Å²) in [5, 5.41) is 1.09. The number of thiophene rings is 1. The van der Waals surface area contributed by atoms with Crippen LogP contribution in [0.15, 0.2) is 34.7 Å². The third kappa shape index (κ3) is 2.11. The minimum atomic E-state index is -0.216. The van der Waals surface area contributed by atoms with Crippen LogP contribution < -0.4 is 10.5 Å². The van der Waals surface area contributed by atoms with E-state index in [1.54, 1.807) is 18.4 Å². The summed E-state index contributed by atoms with van der Waals surface area (Å²) in [5.74, 6) is 1.62. The van der Waals surface area contributed by atoms with Gasteiger partial charge in [-0.25, -0.2) is 0 Å². The van der Waals surface area contributed by atoms with Gasteiger partial charge in [-0.15, -0.1) is 11.3 Å². The second-order valence-corrected chi connectivity index (χ2v) is 6.20. The third-order valence-corrected chi connectivity index (χ3v) is 4.62. The highest BCUT2D eigenvalue weighted by Gasteiger charge is 2.20. The predicted molar refractivity (Wildman–Crippen MR) is 82.6 cm³/mol. The molecule has 0 saturated carbocycles. The Balaban J connectivity index is 2.09. The summed E-state index contributed by atoms with van der Waals surface area (Å²) in [6, 6.07) is 9.79. The van der Waals surface area contributed by atoms with Crippen LogP contribution in [0.5, 0.6) is 5.75 Å². The Morgan fingerprint density at radius 2 is 2.00 bits per heavy atom. The molecule has 20 heavy (non-hydrogen) atoms. The minimum absolute atomic E-state index is 0.216. The molecule has 1 atom stereocenters. The molecule has 0 aliphatic carbocycles. The highest BCUT2D eigenvalue weighted by Crippen LogP contribution is 2.35. The summed E-state index contributed by atoms with van der Waals surface area (Å²) < 4.78 is 11.2. The van der Waals surface area contributed by atoms with Gasteiger partial charge in [0.2, 0.25) is 0 Å². The van der Waals surface area contributed by atoms with E-state index in [1.807, 2.05) is 25.1 Å². The minimum Gasteiger partial charge on any atom is -0.497 e. The maximum Gasteiger partial charge on any atom is 0.138 e. The van der Waals surface area contributed by atoms with Crippen LogP contribution in [0, 0.1) is 13.8 Å². The molecular weight excluding hydrogens is 270 g/mol. The number of ether oxygens (including phenoxy) is 1. The van der Waals surface area contributed by atoms with Crippen molar-refractivity contribution in [2.45, 2.75) is 19.9 Å². The zero-order chi connectivity index (χ0) is 14.3. The van der Waals surface area contributed by atoms with Crippen molar-refractivity contribution in [2.24, 2.45) is 5.73 Å². The van der Waals surface area contributed by atoms with Gasteiger partial charge in [-0.2, -0.15) is 0 Å². The van der Waals surface area contributed by atoms with E-state index in [1.165, 1.54) is 4.88 Å². The van der Waals surface area contributed by atoms with E-state index in [4.69, 9.17) is 14.9 Å². The molecular formula is C16H17NO2S. The molecule has 104 valence electrons. The second-order valence-electron chi connectivity index (χ2n) is 4.88. The number of nitrogens with two attached hydrogens (primary N) is 1. The Bertz CT molecular complexity index is 757. The lowest BCUT2D eigenvalue weighted by atomic mass is 10.1. The Kier molecular flexibility index (Phi) is 3.28. The summed E-state index contributed by atoms with van der Waals surface area (Å²) in [6.45, 7) is 4.13. The van der Waals surface area contributed by atoms with Crippen LogP contribution in [0.25, 0.3) is 11.0 Å². The monoisotopic (exact) mass is 287 g/mol. The van der Waals surface area contributed by atoms with Crippen LogP contribution in [-0.4, -0.2) is 7.11 Å². The van der Waals surface area contributed by atoms with E-state index in [0.717, 1.165) is 32.9 Å². The van der Waals surface area contributed by atoms with Gasteiger partial charge in [-0.1, -0.05) is 0 Å². The molecule has 0 spiro atoms. The molecule has 0 aliphatic heterocycles. The number of methoxy groups -OCH3 is 1. The van der Waals surface area contributed by atoms with Gasteiger partial charge in [0.25, 0.3) is 0 Å². The number of fused-ring (bicyclic) bond motifs is 1. The zero-order valence-electron chi connectivity index (χ0n) is 11.8. The second kappa shape index (κ2) is 4.96. The molecule has 3 rings (SSSR count). The van der Waals surface area contributed by atoms with Gasteiger partial charge in [-0.05, 0) is 38.1 Å². The van der Waals surface area contributed by atoms with E-state index in [-0.39, 0.29) is 6.04 Å².